The van der Waals surface area contributed by atoms with Gasteiger partial charge in [-0.2, -0.15) is 0 Å². The topological polar surface area (TPSA) is 0 Å². The van der Waals surface area contributed by atoms with Gasteiger partial charge in [-0.25, -0.2) is 0 Å². The molecule has 18 aromatic carbocycles. The molecule has 0 fully saturated rings. The van der Waals surface area contributed by atoms with E-state index in [2.05, 4.69) is 267 Å². The van der Waals surface area contributed by atoms with Crippen molar-refractivity contribution >= 4 is 118 Å². The summed E-state index contributed by atoms with van der Waals surface area (Å²) < 4.78 is 0. The summed E-state index contributed by atoms with van der Waals surface area (Å²) in [6.07, 6.45) is 0. The van der Waals surface area contributed by atoms with Crippen LogP contribution in [0, 0.1) is 0 Å². The van der Waals surface area contributed by atoms with E-state index in [-0.39, 0.29) is 0 Å². The summed E-state index contributed by atoms with van der Waals surface area (Å²) in [5.41, 5.74) is 17.7. The van der Waals surface area contributed by atoms with E-state index in [1.165, 1.54) is 196 Å². The van der Waals surface area contributed by atoms with Crippen LogP contribution in [0.1, 0.15) is 0 Å². The maximum absolute atomic E-state index is 2.49. The SMILES string of the molecule is c1ccc(-c2c3c(c(-c4ccccc4)c4c(-c5ccccc5)c5ccccc5c(-c5ccccc5)c24)-c2ccc4c5ccc6c7c(ccc(c8ccc-3c2c84)c57)c2c(-c3ccccc3)c3cccc4c5ccccc5c(c34)c62)cc1. The highest BCUT2D eigenvalue weighted by atomic mass is 14.4. The number of benzene rings is 16. The second-order valence-corrected chi connectivity index (χ2v) is 22.3. The minimum Gasteiger partial charge on any atom is -0.0622 e. The number of hydrogen-bond donors (Lipinski definition) is 0. The zero-order valence-electron chi connectivity index (χ0n) is 43.4. The third-order valence-electron chi connectivity index (χ3n) is 18.6. The predicted octanol–water partition coefficient (Wildman–Crippen LogP) is 22.7. The molecule has 1 aliphatic rings. The highest BCUT2D eigenvalue weighted by Crippen LogP contribution is 2.63. The van der Waals surface area contributed by atoms with Gasteiger partial charge < -0.3 is 0 Å². The Morgan fingerprint density at radius 1 is 0.113 bits per heavy atom. The molecular weight excluding hydrogens is 961 g/mol. The van der Waals surface area contributed by atoms with Gasteiger partial charge in [-0.15, -0.1) is 0 Å². The minimum atomic E-state index is 1.21. The molecule has 0 aromatic heterocycles. The van der Waals surface area contributed by atoms with Crippen molar-refractivity contribution in [2.24, 2.45) is 0 Å². The minimum absolute atomic E-state index is 1.21. The first-order valence-electron chi connectivity index (χ1n) is 28.1. The van der Waals surface area contributed by atoms with E-state index in [1.54, 1.807) is 0 Å². The fourth-order valence-electron chi connectivity index (χ4n) is 15.7. The lowest BCUT2D eigenvalue weighted by Gasteiger charge is -2.26. The zero-order valence-corrected chi connectivity index (χ0v) is 43.4. The average molecular weight is 1010 g/mol. The lowest BCUT2D eigenvalue weighted by Crippen LogP contribution is -1.99. The Morgan fingerprint density at radius 3 is 0.863 bits per heavy atom. The van der Waals surface area contributed by atoms with Crippen molar-refractivity contribution in [3.05, 3.63) is 267 Å². The molecule has 0 heteroatoms. The van der Waals surface area contributed by atoms with Crippen LogP contribution >= 0.6 is 0 Å². The third-order valence-corrected chi connectivity index (χ3v) is 18.6. The fourth-order valence-corrected chi connectivity index (χ4v) is 15.7. The van der Waals surface area contributed by atoms with Gasteiger partial charge in [-0.1, -0.05) is 267 Å². The molecule has 0 saturated heterocycles. The zero-order chi connectivity index (χ0) is 51.9. The molecule has 18 aromatic rings. The Hall–Kier alpha value is -10.4. The van der Waals surface area contributed by atoms with Crippen LogP contribution in [-0.4, -0.2) is 0 Å². The van der Waals surface area contributed by atoms with Crippen LogP contribution in [0.15, 0.2) is 267 Å². The molecule has 0 spiro atoms. The molecule has 1 aliphatic carbocycles. The van der Waals surface area contributed by atoms with Crippen LogP contribution < -0.4 is 0 Å². The molecule has 0 unspecified atom stereocenters. The van der Waals surface area contributed by atoms with Gasteiger partial charge in [0.15, 0.2) is 0 Å². The molecule has 0 nitrogen and oxygen atoms in total. The Labute approximate surface area is 460 Å². The van der Waals surface area contributed by atoms with Gasteiger partial charge in [0, 0.05) is 0 Å². The average Bonchev–Trinajstić information content (AvgIpc) is 4.34. The van der Waals surface area contributed by atoms with E-state index in [0.29, 0.717) is 0 Å². The van der Waals surface area contributed by atoms with E-state index in [0.717, 1.165) is 0 Å². The highest BCUT2D eigenvalue weighted by molar-refractivity contribution is 6.51. The largest absolute Gasteiger partial charge is 0.0622 e. The van der Waals surface area contributed by atoms with E-state index < -0.39 is 0 Å². The first-order chi connectivity index (χ1) is 39.8. The Bertz CT molecular complexity index is 5440. The van der Waals surface area contributed by atoms with Crippen molar-refractivity contribution in [2.45, 2.75) is 0 Å². The van der Waals surface area contributed by atoms with Crippen LogP contribution in [0.2, 0.25) is 0 Å². The summed E-state index contributed by atoms with van der Waals surface area (Å²) in [6.45, 7) is 0. The normalized spacial score (nSPS) is 12.5. The van der Waals surface area contributed by atoms with E-state index in [9.17, 15) is 0 Å². The second-order valence-electron chi connectivity index (χ2n) is 22.3. The van der Waals surface area contributed by atoms with Gasteiger partial charge >= 0.3 is 0 Å². The van der Waals surface area contributed by atoms with Crippen LogP contribution in [0.25, 0.3) is 196 Å². The van der Waals surface area contributed by atoms with Gasteiger partial charge in [0.2, 0.25) is 0 Å². The van der Waals surface area contributed by atoms with E-state index in [1.807, 2.05) is 0 Å². The van der Waals surface area contributed by atoms with Crippen molar-refractivity contribution in [3.8, 4) is 77.9 Å². The van der Waals surface area contributed by atoms with Gasteiger partial charge in [-0.05, 0) is 196 Å². The van der Waals surface area contributed by atoms with Crippen LogP contribution in [0.5, 0.6) is 0 Å². The summed E-state index contributed by atoms with van der Waals surface area (Å²) in [7, 11) is 0. The Morgan fingerprint density at radius 2 is 0.388 bits per heavy atom. The molecule has 80 heavy (non-hydrogen) atoms. The molecule has 364 valence electrons. The highest BCUT2D eigenvalue weighted by Gasteiger charge is 2.36. The van der Waals surface area contributed by atoms with Crippen LogP contribution in [-0.2, 0) is 0 Å². The van der Waals surface area contributed by atoms with Crippen LogP contribution in [0.4, 0.5) is 0 Å². The smallest absolute Gasteiger partial charge is 0.000116 e. The molecular formula is C80H44. The molecule has 19 rings (SSSR count). The monoisotopic (exact) mass is 1000 g/mol. The molecule has 0 heterocycles. The third kappa shape index (κ3) is 5.31. The quantitative estimate of drug-likeness (QED) is 0.119. The van der Waals surface area contributed by atoms with Gasteiger partial charge in [0.1, 0.15) is 0 Å². The van der Waals surface area contributed by atoms with Crippen molar-refractivity contribution in [1.82, 2.24) is 0 Å². The molecule has 0 bridgehead atoms. The molecule has 0 radical (unpaired) electrons. The molecule has 0 aliphatic heterocycles. The lowest BCUT2D eigenvalue weighted by atomic mass is 9.76. The van der Waals surface area contributed by atoms with Crippen molar-refractivity contribution in [1.29, 1.82) is 0 Å². The molecule has 0 N–H and O–H groups in total. The van der Waals surface area contributed by atoms with Gasteiger partial charge in [0.05, 0.1) is 0 Å². The molecule has 0 amide bonds. The standard InChI is InChI=1S/C80H44/c1-6-21-45(22-7-1)64-53-33-18-19-34-54(53)65(46-23-8-2-9-24-46)80-68(49-29-14-5-15-30-49)77-62-43-39-57-58-40-44-63-72-60(41-37-55(69(58)72)56-38-42-61(73(62)70(56)57)76(77)67(79(64)80)48-27-12-4-13-28-48)75-66(47-25-10-3-11-26-47)59-36-20-35-51-50-31-16-17-32-52(50)74(71(51)59)78(63)75/h1-44H. The van der Waals surface area contributed by atoms with Crippen molar-refractivity contribution in [3.63, 3.8) is 0 Å². The van der Waals surface area contributed by atoms with Crippen LogP contribution in [0.3, 0.4) is 0 Å². The number of hydrogen-bond acceptors (Lipinski definition) is 0. The maximum Gasteiger partial charge on any atom is -0.000116 e. The lowest BCUT2D eigenvalue weighted by molar-refractivity contribution is 1.61. The van der Waals surface area contributed by atoms with Crippen molar-refractivity contribution in [2.75, 3.05) is 0 Å². The molecule has 0 atom stereocenters. The fraction of sp³-hybridized carbons (Fsp3) is 0. The summed E-state index contributed by atoms with van der Waals surface area (Å²) in [5, 5.41) is 29.1. The summed E-state index contributed by atoms with van der Waals surface area (Å²) in [4.78, 5) is 0. The van der Waals surface area contributed by atoms with E-state index >= 15 is 0 Å². The first-order valence-corrected chi connectivity index (χ1v) is 28.1. The summed E-state index contributed by atoms with van der Waals surface area (Å²) in [6, 6.07) is 101. The number of rotatable bonds is 5. The predicted molar refractivity (Wildman–Crippen MR) is 344 cm³/mol. The molecule has 0 saturated carbocycles. The first kappa shape index (κ1) is 42.7. The maximum atomic E-state index is 2.49. The van der Waals surface area contributed by atoms with Crippen molar-refractivity contribution < 1.29 is 0 Å². The number of fused-ring (bicyclic) bond motifs is 14. The Balaban J connectivity index is 1.01. The summed E-state index contributed by atoms with van der Waals surface area (Å²) >= 11 is 0. The Kier molecular flexibility index (Phi) is 8.34. The van der Waals surface area contributed by atoms with Gasteiger partial charge in [0.25, 0.3) is 0 Å². The second kappa shape index (κ2) is 15.6. The van der Waals surface area contributed by atoms with Gasteiger partial charge in [-0.3, -0.25) is 0 Å². The van der Waals surface area contributed by atoms with E-state index in [4.69, 9.17) is 0 Å². The summed E-state index contributed by atoms with van der Waals surface area (Å²) in [5.74, 6) is 0.